The molecule has 2 heterocycles. The third kappa shape index (κ3) is 5.98. The maximum absolute atomic E-state index is 9.98. The number of aliphatic hydroxyl groups is 1. The third-order valence-electron chi connectivity index (χ3n) is 2.87. The zero-order chi connectivity index (χ0) is 15.1. The molecule has 2 rings (SSSR count). The number of aryl methyl sites for hydroxylation is 1. The maximum atomic E-state index is 9.98. The van der Waals surface area contributed by atoms with E-state index >= 15 is 0 Å². The van der Waals surface area contributed by atoms with Crippen molar-refractivity contribution in [1.29, 1.82) is 0 Å². The van der Waals surface area contributed by atoms with Crippen LogP contribution in [0.2, 0.25) is 0 Å². The van der Waals surface area contributed by atoms with Gasteiger partial charge in [0.1, 0.15) is 11.9 Å². The average molecular weight is 435 g/mol. The lowest BCUT2D eigenvalue weighted by atomic mass is 10.3. The van der Waals surface area contributed by atoms with Gasteiger partial charge in [0.2, 0.25) is 0 Å². The van der Waals surface area contributed by atoms with Crippen molar-refractivity contribution < 1.29 is 9.52 Å². The smallest absolute Gasteiger partial charge is 0.191 e. The van der Waals surface area contributed by atoms with Gasteiger partial charge in [-0.2, -0.15) is 0 Å². The van der Waals surface area contributed by atoms with Gasteiger partial charge in [-0.1, -0.05) is 0 Å². The van der Waals surface area contributed by atoms with Gasteiger partial charge in [-0.3, -0.25) is 0 Å². The van der Waals surface area contributed by atoms with Crippen LogP contribution < -0.4 is 10.6 Å². The molecule has 0 aromatic carbocycles. The Balaban J connectivity index is 0.00000242. The van der Waals surface area contributed by atoms with Crippen LogP contribution in [0, 0.1) is 6.92 Å². The molecule has 122 valence electrons. The Bertz CT molecular complexity index is 569. The van der Waals surface area contributed by atoms with E-state index < -0.39 is 6.10 Å². The molecule has 0 aliphatic carbocycles. The molecule has 0 bridgehead atoms. The first-order chi connectivity index (χ1) is 10.2. The van der Waals surface area contributed by atoms with Crippen LogP contribution in [0.3, 0.4) is 0 Å². The lowest BCUT2D eigenvalue weighted by Crippen LogP contribution is -2.39. The first kappa shape index (κ1) is 19.0. The Morgan fingerprint density at radius 2 is 2.18 bits per heavy atom. The normalized spacial score (nSPS) is 12.6. The number of aliphatic hydroxyl groups excluding tert-OH is 1. The molecule has 0 saturated carbocycles. The number of hydrogen-bond donors (Lipinski definition) is 3. The zero-order valence-electron chi connectivity index (χ0n) is 12.7. The van der Waals surface area contributed by atoms with E-state index in [-0.39, 0.29) is 24.0 Å². The van der Waals surface area contributed by atoms with Crippen molar-refractivity contribution in [3.8, 4) is 0 Å². The molecule has 7 heteroatoms. The molecule has 1 unspecified atom stereocenters. The highest BCUT2D eigenvalue weighted by Crippen LogP contribution is 2.15. The molecule has 22 heavy (non-hydrogen) atoms. The second kappa shape index (κ2) is 9.86. The van der Waals surface area contributed by atoms with Crippen LogP contribution in [0.1, 0.15) is 28.5 Å². The minimum atomic E-state index is -0.687. The lowest BCUT2D eigenvalue weighted by molar-refractivity contribution is 0.153. The van der Waals surface area contributed by atoms with E-state index in [1.807, 2.05) is 6.92 Å². The summed E-state index contributed by atoms with van der Waals surface area (Å²) in [6, 6.07) is 7.70. The first-order valence-corrected chi connectivity index (χ1v) is 7.79. The fourth-order valence-corrected chi connectivity index (χ4v) is 2.66. The zero-order valence-corrected chi connectivity index (χ0v) is 15.9. The van der Waals surface area contributed by atoms with E-state index in [0.717, 1.165) is 6.54 Å². The summed E-state index contributed by atoms with van der Waals surface area (Å²) in [7, 11) is 0. The second-order valence-electron chi connectivity index (χ2n) is 4.62. The first-order valence-electron chi connectivity index (χ1n) is 6.98. The predicted octanol–water partition coefficient (Wildman–Crippen LogP) is 3.06. The minimum Gasteiger partial charge on any atom is -0.467 e. The van der Waals surface area contributed by atoms with Gasteiger partial charge in [-0.15, -0.1) is 35.3 Å². The molecular formula is C15H22IN3O2S. The van der Waals surface area contributed by atoms with Crippen molar-refractivity contribution in [2.45, 2.75) is 26.5 Å². The molecular weight excluding hydrogens is 413 g/mol. The molecule has 0 fully saturated rings. The Hall–Kier alpha value is -1.06. The van der Waals surface area contributed by atoms with Gasteiger partial charge in [0.05, 0.1) is 19.4 Å². The Morgan fingerprint density at radius 3 is 2.77 bits per heavy atom. The highest BCUT2D eigenvalue weighted by atomic mass is 127. The minimum absolute atomic E-state index is 0. The van der Waals surface area contributed by atoms with Crippen molar-refractivity contribution in [1.82, 2.24) is 10.6 Å². The van der Waals surface area contributed by atoms with E-state index in [9.17, 15) is 5.11 Å². The van der Waals surface area contributed by atoms with Gasteiger partial charge in [0.25, 0.3) is 0 Å². The van der Waals surface area contributed by atoms with Crippen LogP contribution in [0.15, 0.2) is 39.9 Å². The van der Waals surface area contributed by atoms with E-state index in [2.05, 4.69) is 34.7 Å². The van der Waals surface area contributed by atoms with Gasteiger partial charge < -0.3 is 20.2 Å². The monoisotopic (exact) mass is 435 g/mol. The van der Waals surface area contributed by atoms with E-state index in [4.69, 9.17) is 4.42 Å². The van der Waals surface area contributed by atoms with E-state index in [1.54, 1.807) is 29.7 Å². The predicted molar refractivity (Wildman–Crippen MR) is 101 cm³/mol. The Kier molecular flexibility index (Phi) is 8.51. The summed E-state index contributed by atoms with van der Waals surface area (Å²) < 4.78 is 5.17. The molecule has 1 atom stereocenters. The molecule has 0 aliphatic rings. The SMILES string of the molecule is CCNC(=NCc1ccc(C)s1)NCC(O)c1ccco1.I. The molecule has 2 aromatic heterocycles. The fourth-order valence-electron chi connectivity index (χ4n) is 1.84. The van der Waals surface area contributed by atoms with E-state index in [0.29, 0.717) is 24.8 Å². The summed E-state index contributed by atoms with van der Waals surface area (Å²) in [5, 5.41) is 16.3. The summed E-state index contributed by atoms with van der Waals surface area (Å²) in [4.78, 5) is 7.02. The topological polar surface area (TPSA) is 69.8 Å². The quantitative estimate of drug-likeness (QED) is 0.371. The highest BCUT2D eigenvalue weighted by Gasteiger charge is 2.10. The number of nitrogens with zero attached hydrogens (tertiary/aromatic N) is 1. The number of halogens is 1. The van der Waals surface area contributed by atoms with Crippen LogP contribution in [0.5, 0.6) is 0 Å². The van der Waals surface area contributed by atoms with Crippen LogP contribution in [-0.4, -0.2) is 24.2 Å². The van der Waals surface area contributed by atoms with Gasteiger partial charge in [-0.25, -0.2) is 4.99 Å². The van der Waals surface area contributed by atoms with Crippen LogP contribution in [0.25, 0.3) is 0 Å². The van der Waals surface area contributed by atoms with E-state index in [1.165, 1.54) is 9.75 Å². The number of rotatable bonds is 6. The standard InChI is InChI=1S/C15H21N3O2S.HI/c1-3-16-15(17-9-12-7-6-11(2)21-12)18-10-13(19)14-5-4-8-20-14;/h4-8,13,19H,3,9-10H2,1-2H3,(H2,16,17,18);1H. The Labute approximate surface area is 151 Å². The summed E-state index contributed by atoms with van der Waals surface area (Å²) >= 11 is 1.74. The maximum Gasteiger partial charge on any atom is 0.191 e. The van der Waals surface area contributed by atoms with Crippen molar-refractivity contribution in [3.63, 3.8) is 0 Å². The van der Waals surface area contributed by atoms with Gasteiger partial charge in [-0.05, 0) is 38.1 Å². The van der Waals surface area contributed by atoms with Crippen molar-refractivity contribution in [3.05, 3.63) is 46.0 Å². The fraction of sp³-hybridized carbons (Fsp3) is 0.400. The number of thiophene rings is 1. The largest absolute Gasteiger partial charge is 0.467 e. The third-order valence-corrected chi connectivity index (χ3v) is 3.85. The number of nitrogens with one attached hydrogen (secondary N) is 2. The van der Waals surface area contributed by atoms with Gasteiger partial charge in [0, 0.05) is 16.3 Å². The summed E-state index contributed by atoms with van der Waals surface area (Å²) in [5.41, 5.74) is 0. The lowest BCUT2D eigenvalue weighted by Gasteiger charge is -2.13. The number of hydrogen-bond acceptors (Lipinski definition) is 4. The van der Waals surface area contributed by atoms with Crippen molar-refractivity contribution in [2.24, 2.45) is 4.99 Å². The highest BCUT2D eigenvalue weighted by molar-refractivity contribution is 14.0. The molecule has 2 aromatic rings. The molecule has 0 saturated heterocycles. The van der Waals surface area contributed by atoms with Gasteiger partial charge in [0.15, 0.2) is 5.96 Å². The van der Waals surface area contributed by atoms with Crippen LogP contribution in [-0.2, 0) is 6.54 Å². The number of aliphatic imine (C=N–C) groups is 1. The number of guanidine groups is 1. The molecule has 0 amide bonds. The van der Waals surface area contributed by atoms with Crippen molar-refractivity contribution in [2.75, 3.05) is 13.1 Å². The van der Waals surface area contributed by atoms with Crippen molar-refractivity contribution >= 4 is 41.3 Å². The average Bonchev–Trinajstić information content (AvgIpc) is 3.13. The number of furan rings is 1. The summed E-state index contributed by atoms with van der Waals surface area (Å²) in [6.07, 6.45) is 0.865. The summed E-state index contributed by atoms with van der Waals surface area (Å²) in [5.74, 6) is 1.24. The second-order valence-corrected chi connectivity index (χ2v) is 5.99. The molecule has 0 aliphatic heterocycles. The van der Waals surface area contributed by atoms with Crippen LogP contribution in [0.4, 0.5) is 0 Å². The molecule has 5 nitrogen and oxygen atoms in total. The van der Waals surface area contributed by atoms with Crippen LogP contribution >= 0.6 is 35.3 Å². The molecule has 3 N–H and O–H groups in total. The molecule has 0 spiro atoms. The molecule has 0 radical (unpaired) electrons. The summed E-state index contributed by atoms with van der Waals surface area (Å²) in [6.45, 7) is 5.84. The Morgan fingerprint density at radius 1 is 1.36 bits per heavy atom. The van der Waals surface area contributed by atoms with Gasteiger partial charge >= 0.3 is 0 Å².